The SMILES string of the molecule is COCC(C)(CBr)COC. The number of methoxy groups -OCH3 is 2. The maximum atomic E-state index is 5.04. The van der Waals surface area contributed by atoms with Crippen molar-refractivity contribution in [3.63, 3.8) is 0 Å². The Labute approximate surface area is 71.0 Å². The Bertz CT molecular complexity index is 79.7. The summed E-state index contributed by atoms with van der Waals surface area (Å²) < 4.78 is 10.1. The zero-order chi connectivity index (χ0) is 8.04. The van der Waals surface area contributed by atoms with Gasteiger partial charge in [0.1, 0.15) is 0 Å². The minimum atomic E-state index is 0.115. The van der Waals surface area contributed by atoms with E-state index in [0.29, 0.717) is 0 Å². The van der Waals surface area contributed by atoms with Gasteiger partial charge in [-0.25, -0.2) is 0 Å². The third kappa shape index (κ3) is 3.54. The van der Waals surface area contributed by atoms with Crippen LogP contribution in [0, 0.1) is 5.41 Å². The van der Waals surface area contributed by atoms with Gasteiger partial charge in [-0.05, 0) is 0 Å². The van der Waals surface area contributed by atoms with Crippen molar-refractivity contribution in [3.8, 4) is 0 Å². The van der Waals surface area contributed by atoms with Crippen LogP contribution in [-0.4, -0.2) is 32.8 Å². The molecule has 0 saturated carbocycles. The van der Waals surface area contributed by atoms with Gasteiger partial charge in [-0.3, -0.25) is 0 Å². The maximum Gasteiger partial charge on any atom is 0.0546 e. The Kier molecular flexibility index (Phi) is 5.31. The van der Waals surface area contributed by atoms with Gasteiger partial charge in [-0.2, -0.15) is 0 Å². The van der Waals surface area contributed by atoms with Crippen LogP contribution in [0.25, 0.3) is 0 Å². The molecular weight excluding hydrogens is 196 g/mol. The number of hydrogen-bond acceptors (Lipinski definition) is 2. The number of alkyl halides is 1. The zero-order valence-electron chi connectivity index (χ0n) is 6.82. The molecule has 3 heteroatoms. The smallest absolute Gasteiger partial charge is 0.0546 e. The average molecular weight is 211 g/mol. The quantitative estimate of drug-likeness (QED) is 0.644. The fraction of sp³-hybridized carbons (Fsp3) is 1.00. The molecule has 0 saturated heterocycles. The first-order valence-electron chi connectivity index (χ1n) is 3.22. The van der Waals surface area contributed by atoms with Gasteiger partial charge in [0.25, 0.3) is 0 Å². The van der Waals surface area contributed by atoms with Crippen molar-refractivity contribution in [3.05, 3.63) is 0 Å². The van der Waals surface area contributed by atoms with Crippen molar-refractivity contribution < 1.29 is 9.47 Å². The molecule has 0 N–H and O–H groups in total. The molecule has 0 aromatic rings. The van der Waals surface area contributed by atoms with E-state index in [2.05, 4.69) is 22.9 Å². The van der Waals surface area contributed by atoms with Gasteiger partial charge in [0.05, 0.1) is 13.2 Å². The highest BCUT2D eigenvalue weighted by Gasteiger charge is 2.22. The molecule has 10 heavy (non-hydrogen) atoms. The van der Waals surface area contributed by atoms with Gasteiger partial charge in [-0.15, -0.1) is 0 Å². The predicted molar refractivity (Wildman–Crippen MR) is 45.7 cm³/mol. The van der Waals surface area contributed by atoms with Crippen LogP contribution < -0.4 is 0 Å². The molecule has 0 aliphatic rings. The molecule has 62 valence electrons. The van der Waals surface area contributed by atoms with E-state index in [9.17, 15) is 0 Å². The standard InChI is InChI=1S/C7H15BrO2/c1-7(4-8,5-9-2)6-10-3/h4-6H2,1-3H3. The highest BCUT2D eigenvalue weighted by atomic mass is 79.9. The van der Waals surface area contributed by atoms with Crippen LogP contribution in [0.15, 0.2) is 0 Å². The number of ether oxygens (including phenoxy) is 2. The topological polar surface area (TPSA) is 18.5 Å². The van der Waals surface area contributed by atoms with Crippen molar-refractivity contribution in [1.29, 1.82) is 0 Å². The summed E-state index contributed by atoms with van der Waals surface area (Å²) in [6.07, 6.45) is 0. The van der Waals surface area contributed by atoms with Crippen molar-refractivity contribution in [1.82, 2.24) is 0 Å². The Morgan fingerprint density at radius 2 is 1.60 bits per heavy atom. The maximum absolute atomic E-state index is 5.04. The van der Waals surface area contributed by atoms with Crippen LogP contribution >= 0.6 is 15.9 Å². The lowest BCUT2D eigenvalue weighted by Gasteiger charge is -2.24. The molecule has 0 heterocycles. The Morgan fingerprint density at radius 1 is 1.20 bits per heavy atom. The summed E-state index contributed by atoms with van der Waals surface area (Å²) in [6.45, 7) is 3.58. The molecule has 0 aliphatic heterocycles. The Hall–Kier alpha value is 0.400. The van der Waals surface area contributed by atoms with Crippen molar-refractivity contribution in [2.24, 2.45) is 5.41 Å². The minimum Gasteiger partial charge on any atom is -0.384 e. The van der Waals surface area contributed by atoms with Crippen LogP contribution in [0.1, 0.15) is 6.92 Å². The van der Waals surface area contributed by atoms with Gasteiger partial charge >= 0.3 is 0 Å². The molecule has 0 atom stereocenters. The molecule has 2 nitrogen and oxygen atoms in total. The zero-order valence-corrected chi connectivity index (χ0v) is 8.40. The molecular formula is C7H15BrO2. The molecule has 0 rings (SSSR count). The second kappa shape index (κ2) is 5.10. The highest BCUT2D eigenvalue weighted by molar-refractivity contribution is 9.09. The monoisotopic (exact) mass is 210 g/mol. The summed E-state index contributed by atoms with van der Waals surface area (Å²) in [7, 11) is 3.41. The first-order valence-corrected chi connectivity index (χ1v) is 4.34. The summed E-state index contributed by atoms with van der Waals surface area (Å²) in [5.41, 5.74) is 0.115. The predicted octanol–water partition coefficient (Wildman–Crippen LogP) is 1.68. The lowest BCUT2D eigenvalue weighted by molar-refractivity contribution is 0.0378. The number of halogens is 1. The Balaban J connectivity index is 3.69. The number of rotatable bonds is 5. The van der Waals surface area contributed by atoms with E-state index in [1.165, 1.54) is 0 Å². The first kappa shape index (κ1) is 10.4. The number of hydrogen-bond donors (Lipinski definition) is 0. The van der Waals surface area contributed by atoms with Crippen LogP contribution in [0.4, 0.5) is 0 Å². The van der Waals surface area contributed by atoms with E-state index in [4.69, 9.17) is 9.47 Å². The third-order valence-corrected chi connectivity index (χ3v) is 2.66. The molecule has 0 bridgehead atoms. The average Bonchev–Trinajstić information content (AvgIpc) is 1.89. The van der Waals surface area contributed by atoms with Crippen molar-refractivity contribution >= 4 is 15.9 Å². The van der Waals surface area contributed by atoms with Crippen molar-refractivity contribution in [2.75, 3.05) is 32.8 Å². The molecule has 0 aromatic carbocycles. The van der Waals surface area contributed by atoms with Crippen LogP contribution in [0.5, 0.6) is 0 Å². The summed E-state index contributed by atoms with van der Waals surface area (Å²) in [4.78, 5) is 0. The molecule has 0 unspecified atom stereocenters. The summed E-state index contributed by atoms with van der Waals surface area (Å²) in [6, 6.07) is 0. The normalized spacial score (nSPS) is 12.0. The van der Waals surface area contributed by atoms with Crippen LogP contribution in [0.2, 0.25) is 0 Å². The first-order chi connectivity index (χ1) is 4.68. The van der Waals surface area contributed by atoms with E-state index < -0.39 is 0 Å². The van der Waals surface area contributed by atoms with E-state index in [-0.39, 0.29) is 5.41 Å². The lowest BCUT2D eigenvalue weighted by atomic mass is 9.96. The molecule has 0 amide bonds. The lowest BCUT2D eigenvalue weighted by Crippen LogP contribution is -2.29. The summed E-state index contributed by atoms with van der Waals surface area (Å²) in [5.74, 6) is 0. The van der Waals surface area contributed by atoms with E-state index >= 15 is 0 Å². The van der Waals surface area contributed by atoms with E-state index in [1.807, 2.05) is 0 Å². The molecule has 0 aliphatic carbocycles. The third-order valence-electron chi connectivity index (χ3n) is 1.31. The van der Waals surface area contributed by atoms with Crippen LogP contribution in [-0.2, 0) is 9.47 Å². The molecule has 0 fully saturated rings. The molecule has 0 radical (unpaired) electrons. The van der Waals surface area contributed by atoms with Gasteiger partial charge in [-0.1, -0.05) is 22.9 Å². The van der Waals surface area contributed by atoms with Crippen molar-refractivity contribution in [2.45, 2.75) is 6.92 Å². The fourth-order valence-electron chi connectivity index (χ4n) is 0.816. The van der Waals surface area contributed by atoms with Gasteiger partial charge in [0.15, 0.2) is 0 Å². The summed E-state index contributed by atoms with van der Waals surface area (Å²) in [5, 5.41) is 0.904. The minimum absolute atomic E-state index is 0.115. The van der Waals surface area contributed by atoms with Gasteiger partial charge in [0, 0.05) is 25.0 Å². The Morgan fingerprint density at radius 3 is 1.80 bits per heavy atom. The summed E-state index contributed by atoms with van der Waals surface area (Å²) >= 11 is 3.41. The largest absolute Gasteiger partial charge is 0.384 e. The van der Waals surface area contributed by atoms with E-state index in [1.54, 1.807) is 14.2 Å². The van der Waals surface area contributed by atoms with E-state index in [0.717, 1.165) is 18.5 Å². The second-order valence-corrected chi connectivity index (χ2v) is 3.37. The fourth-order valence-corrected chi connectivity index (χ4v) is 1.14. The van der Waals surface area contributed by atoms with Gasteiger partial charge < -0.3 is 9.47 Å². The van der Waals surface area contributed by atoms with Crippen LogP contribution in [0.3, 0.4) is 0 Å². The van der Waals surface area contributed by atoms with Gasteiger partial charge in [0.2, 0.25) is 0 Å². The molecule has 0 aromatic heterocycles. The highest BCUT2D eigenvalue weighted by Crippen LogP contribution is 2.19. The second-order valence-electron chi connectivity index (χ2n) is 2.81. The molecule has 0 spiro atoms.